The molecule has 0 amide bonds. The second kappa shape index (κ2) is 4.02. The highest BCUT2D eigenvalue weighted by molar-refractivity contribution is 6.35. The zero-order valence-electron chi connectivity index (χ0n) is 4.55. The van der Waals surface area contributed by atoms with Crippen molar-refractivity contribution < 1.29 is 14.8 Å². The second-order valence-corrected chi connectivity index (χ2v) is 2.96. The Morgan fingerprint density at radius 2 is 1.62 bits per heavy atom. The van der Waals surface area contributed by atoms with Crippen LogP contribution in [-0.2, 0) is 14.8 Å². The van der Waals surface area contributed by atoms with E-state index in [1.807, 2.05) is 0 Å². The fraction of sp³-hybridized carbons (Fsp3) is 1.00. The molecule has 0 spiro atoms. The van der Waals surface area contributed by atoms with Gasteiger partial charge in [0.1, 0.15) is 0 Å². The molecule has 0 N–H and O–H groups in total. The molecule has 1 heterocycles. The van der Waals surface area contributed by atoms with Gasteiger partial charge in [0, 0.05) is 9.52 Å². The van der Waals surface area contributed by atoms with E-state index in [1.54, 1.807) is 0 Å². The predicted octanol–water partition coefficient (Wildman–Crippen LogP) is 0.421. The molecule has 1 rings (SSSR count). The summed E-state index contributed by atoms with van der Waals surface area (Å²) in [5.74, 6) is 0. The van der Waals surface area contributed by atoms with Gasteiger partial charge in [0.2, 0.25) is 0 Å². The maximum absolute atomic E-state index is 4.56. The van der Waals surface area contributed by atoms with Gasteiger partial charge in [-0.3, -0.25) is 0 Å². The lowest BCUT2D eigenvalue weighted by atomic mass is 10.8. The van der Waals surface area contributed by atoms with Gasteiger partial charge in [0.05, 0.1) is 13.2 Å². The van der Waals surface area contributed by atoms with E-state index >= 15 is 0 Å². The van der Waals surface area contributed by atoms with Crippen LogP contribution in [0.4, 0.5) is 0 Å². The molecule has 8 heavy (non-hydrogen) atoms. The first-order chi connectivity index (χ1) is 4.00. The molecule has 0 unspecified atom stereocenters. The molecule has 3 nitrogen and oxygen atoms in total. The maximum atomic E-state index is 4.56. The van der Waals surface area contributed by atoms with Gasteiger partial charge >= 0.3 is 0 Å². The van der Waals surface area contributed by atoms with Crippen LogP contribution in [0.1, 0.15) is 0 Å². The first-order valence-electron chi connectivity index (χ1n) is 2.62. The van der Waals surface area contributed by atoms with Crippen molar-refractivity contribution in [2.24, 2.45) is 0 Å². The average Bonchev–Trinajstić information content (AvgIpc) is 1.62. The van der Waals surface area contributed by atoms with Crippen molar-refractivity contribution in [1.29, 1.82) is 0 Å². The molecule has 4 heteroatoms. The third-order valence-corrected chi connectivity index (χ3v) is 1.94. The van der Waals surface area contributed by atoms with E-state index in [0.717, 1.165) is 21.6 Å². The summed E-state index contributed by atoms with van der Waals surface area (Å²) in [6, 6.07) is 2.20. The van der Waals surface area contributed by atoms with E-state index in [4.69, 9.17) is 0 Å². The van der Waals surface area contributed by atoms with Gasteiger partial charge in [0.15, 0.2) is 0 Å². The first-order valence-corrected chi connectivity index (χ1v) is 4.03. The number of hydrogen-bond donors (Lipinski definition) is 0. The molecule has 1 saturated heterocycles. The van der Waals surface area contributed by atoms with E-state index in [1.165, 1.54) is 0 Å². The van der Waals surface area contributed by atoms with Gasteiger partial charge in [-0.2, -0.15) is 0 Å². The minimum atomic E-state index is 0.665. The summed E-state index contributed by atoms with van der Waals surface area (Å²) in [6.07, 6.45) is 0. The molecule has 1 aliphatic heterocycles. The predicted molar refractivity (Wildman–Crippen MR) is 28.4 cm³/mol. The van der Waals surface area contributed by atoms with E-state index in [9.17, 15) is 0 Å². The fourth-order valence-electron chi connectivity index (χ4n) is 0.455. The van der Waals surface area contributed by atoms with Crippen LogP contribution in [0.5, 0.6) is 0 Å². The maximum Gasteiger partial charge on any atom is 0.0826 e. The van der Waals surface area contributed by atoms with Crippen molar-refractivity contribution in [3.63, 3.8) is 0 Å². The van der Waals surface area contributed by atoms with Crippen molar-refractivity contribution >= 4 is 9.52 Å². The molecule has 1 aliphatic rings. The summed E-state index contributed by atoms with van der Waals surface area (Å²) < 4.78 is 0. The second-order valence-electron chi connectivity index (χ2n) is 1.46. The number of hydrogen-bond acceptors (Lipinski definition) is 3. The summed E-state index contributed by atoms with van der Waals surface area (Å²) in [7, 11) is 0.960. The third-order valence-electron chi connectivity index (χ3n) is 0.821. The minimum absolute atomic E-state index is 0.665. The lowest BCUT2D eigenvalue weighted by molar-refractivity contribution is -0.510. The molecular formula is C4H8O3Si. The smallest absolute Gasteiger partial charge is 0.0826 e. The molecule has 0 aromatic carbocycles. The SMILES string of the molecule is C1C[Si]CCOOO1. The molecule has 0 aromatic heterocycles. The normalized spacial score (nSPS) is 24.0. The van der Waals surface area contributed by atoms with Gasteiger partial charge in [-0.05, 0) is 12.1 Å². The van der Waals surface area contributed by atoms with Crippen LogP contribution in [-0.4, -0.2) is 22.7 Å². The molecule has 46 valence electrons. The van der Waals surface area contributed by atoms with Crippen molar-refractivity contribution in [2.45, 2.75) is 12.1 Å². The van der Waals surface area contributed by atoms with Crippen LogP contribution in [0.3, 0.4) is 0 Å². The molecule has 0 aliphatic carbocycles. The van der Waals surface area contributed by atoms with Crippen molar-refractivity contribution in [2.75, 3.05) is 13.2 Å². The summed E-state index contributed by atoms with van der Waals surface area (Å²) in [4.78, 5) is 9.12. The van der Waals surface area contributed by atoms with Gasteiger partial charge in [-0.25, -0.2) is 9.78 Å². The Kier molecular flexibility index (Phi) is 3.13. The Morgan fingerprint density at radius 3 is 2.25 bits per heavy atom. The lowest BCUT2D eigenvalue weighted by Crippen LogP contribution is -2.08. The van der Waals surface area contributed by atoms with E-state index in [2.05, 4.69) is 14.8 Å². The molecule has 2 radical (unpaired) electrons. The lowest BCUT2D eigenvalue weighted by Gasteiger charge is -2.05. The standard InChI is InChI=1S/C4H8O3Si/c1-3-8-4-2-6-7-5-1/h1-4H2. The Hall–Kier alpha value is 0.0969. The largest absolute Gasteiger partial charge is 0.207 e. The molecule has 0 atom stereocenters. The number of rotatable bonds is 0. The van der Waals surface area contributed by atoms with Crippen LogP contribution < -0.4 is 0 Å². The fourth-order valence-corrected chi connectivity index (χ4v) is 1.16. The zero-order valence-corrected chi connectivity index (χ0v) is 5.55. The van der Waals surface area contributed by atoms with Crippen molar-refractivity contribution in [3.05, 3.63) is 0 Å². The topological polar surface area (TPSA) is 27.7 Å². The molecule has 0 bridgehead atoms. The van der Waals surface area contributed by atoms with Gasteiger partial charge in [-0.15, -0.1) is 0 Å². The Labute approximate surface area is 50.6 Å². The van der Waals surface area contributed by atoms with E-state index in [0.29, 0.717) is 13.2 Å². The highest BCUT2D eigenvalue weighted by atomic mass is 28.2. The monoisotopic (exact) mass is 132 g/mol. The van der Waals surface area contributed by atoms with Crippen LogP contribution in [0.2, 0.25) is 12.1 Å². The van der Waals surface area contributed by atoms with Crippen molar-refractivity contribution in [3.8, 4) is 0 Å². The zero-order chi connectivity index (χ0) is 5.66. The van der Waals surface area contributed by atoms with E-state index < -0.39 is 0 Å². The summed E-state index contributed by atoms with van der Waals surface area (Å²) in [6.45, 7) is 1.33. The Bertz CT molecular complexity index is 35.2. The molecule has 0 saturated carbocycles. The highest BCUT2D eigenvalue weighted by Crippen LogP contribution is 1.95. The van der Waals surface area contributed by atoms with Crippen LogP contribution in [0.15, 0.2) is 0 Å². The van der Waals surface area contributed by atoms with E-state index in [-0.39, 0.29) is 0 Å². The van der Waals surface area contributed by atoms with Crippen LogP contribution in [0.25, 0.3) is 0 Å². The summed E-state index contributed by atoms with van der Waals surface area (Å²) in [5, 5.41) is 4.28. The van der Waals surface area contributed by atoms with Crippen LogP contribution in [0, 0.1) is 0 Å². The van der Waals surface area contributed by atoms with Gasteiger partial charge in [0.25, 0.3) is 0 Å². The molecule has 1 fully saturated rings. The van der Waals surface area contributed by atoms with Gasteiger partial charge < -0.3 is 0 Å². The van der Waals surface area contributed by atoms with Crippen LogP contribution >= 0.6 is 0 Å². The molecule has 0 aromatic rings. The average molecular weight is 132 g/mol. The minimum Gasteiger partial charge on any atom is -0.207 e. The highest BCUT2D eigenvalue weighted by Gasteiger charge is 1.97. The third kappa shape index (κ3) is 2.42. The molecular weight excluding hydrogens is 124 g/mol. The summed E-state index contributed by atoms with van der Waals surface area (Å²) in [5.41, 5.74) is 0. The first kappa shape index (κ1) is 6.22. The van der Waals surface area contributed by atoms with Crippen molar-refractivity contribution in [1.82, 2.24) is 0 Å². The quantitative estimate of drug-likeness (QED) is 0.353. The Balaban J connectivity index is 2.00. The summed E-state index contributed by atoms with van der Waals surface area (Å²) >= 11 is 0. The van der Waals surface area contributed by atoms with Gasteiger partial charge in [-0.1, -0.05) is 5.04 Å². The Morgan fingerprint density at radius 1 is 1.00 bits per heavy atom.